The van der Waals surface area contributed by atoms with Crippen LogP contribution in [0, 0.1) is 32.4 Å². The summed E-state index contributed by atoms with van der Waals surface area (Å²) in [5, 5.41) is 2.07. The van der Waals surface area contributed by atoms with Gasteiger partial charge in [-0.3, -0.25) is 4.98 Å². The average molecular weight is 1220 g/mol. The van der Waals surface area contributed by atoms with Gasteiger partial charge in [-0.25, -0.2) is 18.7 Å². The predicted molar refractivity (Wildman–Crippen MR) is 372 cm³/mol. The monoisotopic (exact) mass is 1220 g/mol. The number of aromatic nitrogens is 3. The molecule has 4 nitrogen and oxygen atoms in total. The minimum absolute atomic E-state index is 0.0839. The number of aryl methyl sites for hydroxylation is 3. The molecule has 9 heteroatoms. The highest BCUT2D eigenvalue weighted by Crippen LogP contribution is 2.56. The molecule has 5 heterocycles. The van der Waals surface area contributed by atoms with E-state index in [-0.39, 0.29) is 16.5 Å². The number of benzene rings is 6. The van der Waals surface area contributed by atoms with Crippen LogP contribution >= 0.6 is 34.0 Å². The van der Waals surface area contributed by atoms with Crippen LogP contribution in [0.25, 0.3) is 108 Å². The lowest BCUT2D eigenvalue weighted by molar-refractivity contribution is 0.305. The Bertz CT molecular complexity index is 4250. The van der Waals surface area contributed by atoms with Crippen molar-refractivity contribution < 1.29 is 13.5 Å². The summed E-state index contributed by atoms with van der Waals surface area (Å²) in [6.45, 7) is 13.8. The Hall–Kier alpha value is -7.17. The fourth-order valence-corrected chi connectivity index (χ4v) is 16.5. The molecule has 1 aliphatic rings. The quantitative estimate of drug-likeness (QED) is 0.0482. The maximum Gasteiger partial charge on any atom is 0.170 e. The van der Waals surface area contributed by atoms with Gasteiger partial charge in [-0.1, -0.05) is 213 Å². The number of hydrogen-bond acceptors (Lipinski definition) is 7. The summed E-state index contributed by atoms with van der Waals surface area (Å²) < 4.78 is 42.8. The molecule has 0 N–H and O–H groups in total. The minimum Gasteiger partial charge on any atom is -0.494 e. The number of rotatable bonds is 27. The summed E-state index contributed by atoms with van der Waals surface area (Å²) in [6, 6.07) is 50.9. The molecule has 0 amide bonds. The smallest absolute Gasteiger partial charge is 0.170 e. The number of ether oxygens (including phenoxy) is 1. The molecule has 11 aromatic rings. The number of halogens is 2. The highest BCUT2D eigenvalue weighted by Gasteiger charge is 2.43. The van der Waals surface area contributed by atoms with E-state index in [1.54, 1.807) is 11.3 Å². The van der Waals surface area contributed by atoms with Crippen molar-refractivity contribution in [2.24, 2.45) is 0 Å². The third-order valence-electron chi connectivity index (χ3n) is 18.1. The van der Waals surface area contributed by atoms with Crippen molar-refractivity contribution in [1.29, 1.82) is 0 Å². The molecule has 1 aliphatic carbocycles. The molecule has 0 spiro atoms. The van der Waals surface area contributed by atoms with Crippen molar-refractivity contribution in [3.63, 3.8) is 0 Å². The van der Waals surface area contributed by atoms with Crippen LogP contribution in [0.5, 0.6) is 5.75 Å². The second-order valence-electron chi connectivity index (χ2n) is 24.5. The van der Waals surface area contributed by atoms with E-state index in [2.05, 4.69) is 120 Å². The lowest BCUT2D eigenvalue weighted by Gasteiger charge is -2.33. The first-order valence-electron chi connectivity index (χ1n) is 32.5. The summed E-state index contributed by atoms with van der Waals surface area (Å²) in [7, 11) is 0. The lowest BCUT2D eigenvalue weighted by atomic mass is 9.70. The topological polar surface area (TPSA) is 47.9 Å². The fraction of sp³-hybridized carbons (Fsp3) is 0.329. The van der Waals surface area contributed by atoms with Gasteiger partial charge in [0.25, 0.3) is 0 Å². The molecule has 0 bridgehead atoms. The van der Waals surface area contributed by atoms with Crippen molar-refractivity contribution in [2.45, 2.75) is 163 Å². The van der Waals surface area contributed by atoms with E-state index >= 15 is 8.78 Å². The molecule has 0 saturated carbocycles. The highest BCUT2D eigenvalue weighted by atomic mass is 32.1. The van der Waals surface area contributed by atoms with Gasteiger partial charge in [-0.05, 0) is 134 Å². The van der Waals surface area contributed by atoms with Crippen LogP contribution in [0.15, 0.2) is 152 Å². The Kier molecular flexibility index (Phi) is 19.2. The maximum atomic E-state index is 18.2. The molecule has 88 heavy (non-hydrogen) atoms. The highest BCUT2D eigenvalue weighted by molar-refractivity contribution is 7.19. The maximum absolute atomic E-state index is 18.2. The number of nitrogens with zero attached hydrogens (tertiary/aromatic N) is 3. The zero-order valence-electron chi connectivity index (χ0n) is 52.1. The van der Waals surface area contributed by atoms with Gasteiger partial charge >= 0.3 is 0 Å². The first-order chi connectivity index (χ1) is 43.1. The number of pyridine rings is 1. The summed E-state index contributed by atoms with van der Waals surface area (Å²) in [6.07, 6.45) is 23.5. The van der Waals surface area contributed by atoms with Gasteiger partial charge in [0.15, 0.2) is 11.6 Å². The predicted octanol–water partition coefficient (Wildman–Crippen LogP) is 25.0. The number of fused-ring (bicyclic) bond motifs is 5. The molecular formula is C79H81F2N3OS3. The zero-order valence-corrected chi connectivity index (χ0v) is 54.5. The normalized spacial score (nSPS) is 12.6. The van der Waals surface area contributed by atoms with Crippen molar-refractivity contribution in [2.75, 3.05) is 6.61 Å². The number of unbranched alkanes of at least 4 members (excludes halogenated alkanes) is 13. The van der Waals surface area contributed by atoms with Gasteiger partial charge in [0, 0.05) is 58.1 Å². The molecule has 0 atom stereocenters. The van der Waals surface area contributed by atoms with Crippen LogP contribution in [-0.2, 0) is 5.41 Å². The summed E-state index contributed by atoms with van der Waals surface area (Å²) in [4.78, 5) is 21.5. The van der Waals surface area contributed by atoms with Crippen LogP contribution < -0.4 is 4.74 Å². The largest absolute Gasteiger partial charge is 0.494 e. The molecule has 0 unspecified atom stereocenters. The van der Waals surface area contributed by atoms with Crippen molar-refractivity contribution in [3.05, 3.63) is 191 Å². The molecule has 450 valence electrons. The van der Waals surface area contributed by atoms with Gasteiger partial charge in [0.1, 0.15) is 16.8 Å². The van der Waals surface area contributed by atoms with Crippen LogP contribution in [0.4, 0.5) is 8.78 Å². The first kappa shape index (κ1) is 61.1. The molecule has 0 fully saturated rings. The molecule has 0 radical (unpaired) electrons. The van der Waals surface area contributed by atoms with E-state index in [0.717, 1.165) is 103 Å². The Morgan fingerprint density at radius 3 is 1.61 bits per heavy atom. The summed E-state index contributed by atoms with van der Waals surface area (Å²) >= 11 is 4.64. The third-order valence-corrected chi connectivity index (χ3v) is 21.4. The van der Waals surface area contributed by atoms with Crippen LogP contribution in [0.2, 0.25) is 0 Å². The van der Waals surface area contributed by atoms with Crippen molar-refractivity contribution in [1.82, 2.24) is 15.0 Å². The molecule has 6 aromatic carbocycles. The Morgan fingerprint density at radius 2 is 0.966 bits per heavy atom. The van der Waals surface area contributed by atoms with Gasteiger partial charge in [0.2, 0.25) is 0 Å². The van der Waals surface area contributed by atoms with Gasteiger partial charge in [0.05, 0.1) is 39.7 Å². The van der Waals surface area contributed by atoms with E-state index in [9.17, 15) is 0 Å². The molecule has 0 saturated heterocycles. The Balaban J connectivity index is 1.01. The lowest BCUT2D eigenvalue weighted by Crippen LogP contribution is -2.25. The molecular weight excluding hydrogens is 1140 g/mol. The molecule has 5 aromatic heterocycles. The second-order valence-corrected chi connectivity index (χ2v) is 28.0. The summed E-state index contributed by atoms with van der Waals surface area (Å²) in [5.74, 6) is -1.18. The van der Waals surface area contributed by atoms with Gasteiger partial charge in [-0.2, -0.15) is 0 Å². The summed E-state index contributed by atoms with van der Waals surface area (Å²) in [5.41, 5.74) is 14.3. The SMILES string of the molecule is CCCCCCCCC1(CCCCCCCC)c2cc(C)ccc2-c2ccc(-c3ccc(-c4c(F)c(F)c(-c5ccc(-c6cnc(-c7ccc(C)s7)c7ccccc67)s5)c5nc(-c6cccc(OCCCCCC)c6)c(-c6cccc(C)c6)nc45)s3)cc21. The Labute approximate surface area is 532 Å². The Morgan fingerprint density at radius 1 is 0.420 bits per heavy atom. The molecule has 0 aliphatic heterocycles. The van der Waals surface area contributed by atoms with E-state index in [1.807, 2.05) is 72.9 Å². The standard InChI is InChI=1S/C79H81F2N3OS3/c1-7-10-13-16-18-22-43-79(44-23-19-17-14-11-8-2)63-47-52(5)33-36-59(63)60-37-35-54(49-64(60)79)65-39-41-67(87-65)70-72(80)73(81)71(68-42-40-66(88-68)62-50-82-76(69-38-34-53(6)86-69)61-32-21-20-31-58(61)62)78-77(70)83-74(55-28-25-27-51(4)46-55)75(84-78)56-29-26-30-57(48-56)85-45-24-15-12-9-3/h20-21,25-42,46-50H,7-19,22-24,43-45H2,1-6H3. The van der Waals surface area contributed by atoms with E-state index in [1.165, 1.54) is 132 Å². The average Bonchev–Trinajstić information content (AvgIpc) is 1.60. The van der Waals surface area contributed by atoms with Crippen LogP contribution in [-0.4, -0.2) is 21.6 Å². The van der Waals surface area contributed by atoms with Crippen LogP contribution in [0.3, 0.4) is 0 Å². The number of thiophene rings is 3. The minimum atomic E-state index is -0.954. The first-order valence-corrected chi connectivity index (χ1v) is 35.0. The van der Waals surface area contributed by atoms with Gasteiger partial charge < -0.3 is 4.74 Å². The van der Waals surface area contributed by atoms with E-state index in [0.29, 0.717) is 38.8 Å². The van der Waals surface area contributed by atoms with E-state index < -0.39 is 11.6 Å². The van der Waals surface area contributed by atoms with Crippen molar-refractivity contribution >= 4 is 55.8 Å². The van der Waals surface area contributed by atoms with Gasteiger partial charge in [-0.15, -0.1) is 34.0 Å². The van der Waals surface area contributed by atoms with Crippen molar-refractivity contribution in [3.8, 4) is 91.7 Å². The van der Waals surface area contributed by atoms with Crippen LogP contribution in [0.1, 0.15) is 163 Å². The number of hydrogen-bond donors (Lipinski definition) is 0. The molecule has 12 rings (SSSR count). The third kappa shape index (κ3) is 12.6. The second kappa shape index (κ2) is 27.7. The fourth-order valence-electron chi connectivity index (χ4n) is 13.5. The van der Waals surface area contributed by atoms with E-state index in [4.69, 9.17) is 19.7 Å². The zero-order chi connectivity index (χ0) is 60.7.